The molecule has 0 heterocycles. The molecule has 0 saturated carbocycles. The number of aliphatic hydroxyl groups excluding tert-OH is 1. The summed E-state index contributed by atoms with van der Waals surface area (Å²) in [5.74, 6) is 0. The Balaban J connectivity index is 1.92. The van der Waals surface area contributed by atoms with E-state index in [1.54, 1.807) is 12.1 Å². The van der Waals surface area contributed by atoms with E-state index in [2.05, 4.69) is 5.32 Å². The lowest BCUT2D eigenvalue weighted by Gasteiger charge is -2.07. The van der Waals surface area contributed by atoms with Crippen LogP contribution in [-0.2, 0) is 13.0 Å². The van der Waals surface area contributed by atoms with Gasteiger partial charge in [0.15, 0.2) is 0 Å². The highest BCUT2D eigenvalue weighted by Crippen LogP contribution is 2.14. The standard InChI is InChI=1S/C15H16N2O3/c18-10-9-12-1-5-14(6-2-12)16-11-13-3-7-15(8-4-13)17(19)20/h1-8,16,18H,9-11H2. The van der Waals surface area contributed by atoms with Crippen molar-refractivity contribution in [3.8, 4) is 0 Å². The zero-order valence-corrected chi connectivity index (χ0v) is 11.0. The van der Waals surface area contributed by atoms with Crippen LogP contribution in [0.1, 0.15) is 11.1 Å². The van der Waals surface area contributed by atoms with Crippen molar-refractivity contribution in [3.63, 3.8) is 0 Å². The first kappa shape index (κ1) is 14.0. The normalized spacial score (nSPS) is 10.2. The van der Waals surface area contributed by atoms with Gasteiger partial charge in [-0.25, -0.2) is 0 Å². The molecule has 0 unspecified atom stereocenters. The van der Waals surface area contributed by atoms with Gasteiger partial charge in [-0.1, -0.05) is 24.3 Å². The van der Waals surface area contributed by atoms with E-state index in [1.165, 1.54) is 12.1 Å². The zero-order valence-electron chi connectivity index (χ0n) is 11.0. The lowest BCUT2D eigenvalue weighted by Crippen LogP contribution is -2.00. The molecule has 0 amide bonds. The Morgan fingerprint density at radius 2 is 1.60 bits per heavy atom. The van der Waals surface area contributed by atoms with Crippen molar-refractivity contribution in [1.82, 2.24) is 0 Å². The molecule has 0 radical (unpaired) electrons. The van der Waals surface area contributed by atoms with E-state index in [4.69, 9.17) is 5.11 Å². The molecular formula is C15H16N2O3. The van der Waals surface area contributed by atoms with Gasteiger partial charge < -0.3 is 10.4 Å². The molecule has 0 bridgehead atoms. The molecule has 0 saturated heterocycles. The lowest BCUT2D eigenvalue weighted by atomic mass is 10.1. The van der Waals surface area contributed by atoms with Crippen molar-refractivity contribution < 1.29 is 10.0 Å². The van der Waals surface area contributed by atoms with E-state index in [1.807, 2.05) is 24.3 Å². The Kier molecular flexibility index (Phi) is 4.68. The fourth-order valence-electron chi connectivity index (χ4n) is 1.86. The van der Waals surface area contributed by atoms with Gasteiger partial charge in [0.1, 0.15) is 0 Å². The Hall–Kier alpha value is -2.40. The van der Waals surface area contributed by atoms with E-state index < -0.39 is 4.92 Å². The van der Waals surface area contributed by atoms with Gasteiger partial charge in [-0.2, -0.15) is 0 Å². The van der Waals surface area contributed by atoms with E-state index in [0.717, 1.165) is 16.8 Å². The summed E-state index contributed by atoms with van der Waals surface area (Å²) in [6.45, 7) is 0.757. The number of anilines is 1. The van der Waals surface area contributed by atoms with Gasteiger partial charge in [0.2, 0.25) is 0 Å². The summed E-state index contributed by atoms with van der Waals surface area (Å²) in [5, 5.41) is 22.6. The average Bonchev–Trinajstić information content (AvgIpc) is 2.47. The number of nitrogens with one attached hydrogen (secondary N) is 1. The van der Waals surface area contributed by atoms with Crippen molar-refractivity contribution in [2.75, 3.05) is 11.9 Å². The molecule has 0 spiro atoms. The van der Waals surface area contributed by atoms with Gasteiger partial charge in [-0.05, 0) is 29.7 Å². The smallest absolute Gasteiger partial charge is 0.269 e. The van der Waals surface area contributed by atoms with Gasteiger partial charge >= 0.3 is 0 Å². The summed E-state index contributed by atoms with van der Waals surface area (Å²) in [7, 11) is 0. The molecule has 0 aromatic heterocycles. The van der Waals surface area contributed by atoms with Crippen LogP contribution in [0.15, 0.2) is 48.5 Å². The maximum atomic E-state index is 10.5. The highest BCUT2D eigenvalue weighted by atomic mass is 16.6. The number of rotatable bonds is 6. The van der Waals surface area contributed by atoms with Crippen LogP contribution in [0, 0.1) is 10.1 Å². The minimum Gasteiger partial charge on any atom is -0.396 e. The molecule has 0 aliphatic carbocycles. The van der Waals surface area contributed by atoms with Crippen LogP contribution >= 0.6 is 0 Å². The molecule has 2 N–H and O–H groups in total. The van der Waals surface area contributed by atoms with Crippen LogP contribution in [-0.4, -0.2) is 16.6 Å². The minimum absolute atomic E-state index is 0.0992. The summed E-state index contributed by atoms with van der Waals surface area (Å²) in [6.07, 6.45) is 0.655. The summed E-state index contributed by atoms with van der Waals surface area (Å²) >= 11 is 0. The first-order valence-electron chi connectivity index (χ1n) is 6.36. The second-order valence-corrected chi connectivity index (χ2v) is 4.45. The molecule has 0 fully saturated rings. The summed E-state index contributed by atoms with van der Waals surface area (Å²) in [6, 6.07) is 14.3. The van der Waals surface area contributed by atoms with Crippen molar-refractivity contribution in [2.45, 2.75) is 13.0 Å². The van der Waals surface area contributed by atoms with Crippen LogP contribution < -0.4 is 5.32 Å². The van der Waals surface area contributed by atoms with Crippen molar-refractivity contribution in [2.24, 2.45) is 0 Å². The predicted octanol–water partition coefficient (Wildman–Crippen LogP) is 2.74. The molecule has 20 heavy (non-hydrogen) atoms. The summed E-state index contributed by atoms with van der Waals surface area (Å²) in [4.78, 5) is 10.1. The Labute approximate surface area is 117 Å². The number of hydrogen-bond donors (Lipinski definition) is 2. The van der Waals surface area contributed by atoms with E-state index >= 15 is 0 Å². The predicted molar refractivity (Wildman–Crippen MR) is 77.7 cm³/mol. The van der Waals surface area contributed by atoms with Gasteiger partial charge in [0.05, 0.1) is 4.92 Å². The molecule has 2 aromatic rings. The molecule has 0 atom stereocenters. The van der Waals surface area contributed by atoms with Gasteiger partial charge in [0.25, 0.3) is 5.69 Å². The number of benzene rings is 2. The third-order valence-electron chi connectivity index (χ3n) is 3.00. The Bertz CT molecular complexity index is 565. The molecule has 104 valence electrons. The molecule has 2 rings (SSSR count). The highest BCUT2D eigenvalue weighted by Gasteiger charge is 2.03. The van der Waals surface area contributed by atoms with Crippen molar-refractivity contribution >= 4 is 11.4 Å². The average molecular weight is 272 g/mol. The van der Waals surface area contributed by atoms with Crippen LogP contribution in [0.3, 0.4) is 0 Å². The van der Waals surface area contributed by atoms with Gasteiger partial charge in [-0.3, -0.25) is 10.1 Å². The van der Waals surface area contributed by atoms with Gasteiger partial charge in [-0.15, -0.1) is 0 Å². The maximum Gasteiger partial charge on any atom is 0.269 e. The summed E-state index contributed by atoms with van der Waals surface area (Å²) in [5.41, 5.74) is 3.15. The third kappa shape index (κ3) is 3.80. The van der Waals surface area contributed by atoms with E-state index in [9.17, 15) is 10.1 Å². The number of aliphatic hydroxyl groups is 1. The lowest BCUT2D eigenvalue weighted by molar-refractivity contribution is -0.384. The van der Waals surface area contributed by atoms with Crippen LogP contribution in [0.5, 0.6) is 0 Å². The van der Waals surface area contributed by atoms with Crippen LogP contribution in [0.25, 0.3) is 0 Å². The zero-order chi connectivity index (χ0) is 14.4. The maximum absolute atomic E-state index is 10.5. The molecule has 5 heteroatoms. The van der Waals surface area contributed by atoms with Crippen LogP contribution in [0.4, 0.5) is 11.4 Å². The molecule has 0 aliphatic rings. The van der Waals surface area contributed by atoms with E-state index in [-0.39, 0.29) is 12.3 Å². The number of nitro benzene ring substituents is 1. The number of nitro groups is 1. The molecular weight excluding hydrogens is 256 g/mol. The van der Waals surface area contributed by atoms with Crippen molar-refractivity contribution in [1.29, 1.82) is 0 Å². The second-order valence-electron chi connectivity index (χ2n) is 4.45. The fourth-order valence-corrected chi connectivity index (χ4v) is 1.86. The SMILES string of the molecule is O=[N+]([O-])c1ccc(CNc2ccc(CCO)cc2)cc1. The Morgan fingerprint density at radius 3 is 2.15 bits per heavy atom. The topological polar surface area (TPSA) is 75.4 Å². The fraction of sp³-hybridized carbons (Fsp3) is 0.200. The second kappa shape index (κ2) is 6.68. The third-order valence-corrected chi connectivity index (χ3v) is 3.00. The monoisotopic (exact) mass is 272 g/mol. The Morgan fingerprint density at radius 1 is 1.00 bits per heavy atom. The molecule has 0 aliphatic heterocycles. The van der Waals surface area contributed by atoms with Gasteiger partial charge in [0, 0.05) is 31.0 Å². The minimum atomic E-state index is -0.406. The largest absolute Gasteiger partial charge is 0.396 e. The van der Waals surface area contributed by atoms with Crippen LogP contribution in [0.2, 0.25) is 0 Å². The molecule has 5 nitrogen and oxygen atoms in total. The molecule has 2 aromatic carbocycles. The van der Waals surface area contributed by atoms with Crippen molar-refractivity contribution in [3.05, 3.63) is 69.8 Å². The highest BCUT2D eigenvalue weighted by molar-refractivity contribution is 5.45. The number of non-ortho nitro benzene ring substituents is 1. The first-order chi connectivity index (χ1) is 9.69. The number of nitrogens with zero attached hydrogens (tertiary/aromatic N) is 1. The van der Waals surface area contributed by atoms with E-state index in [0.29, 0.717) is 13.0 Å². The number of hydrogen-bond acceptors (Lipinski definition) is 4. The summed E-state index contributed by atoms with van der Waals surface area (Å²) < 4.78 is 0. The first-order valence-corrected chi connectivity index (χ1v) is 6.36. The quantitative estimate of drug-likeness (QED) is 0.626.